The van der Waals surface area contributed by atoms with Gasteiger partial charge in [-0.2, -0.15) is 0 Å². The molecule has 0 spiro atoms. The number of ether oxygens (including phenoxy) is 3. The summed E-state index contributed by atoms with van der Waals surface area (Å²) in [6.45, 7) is 1.17. The number of halogens is 2. The molecule has 4 aromatic rings. The molecular formula is C23H20ClFN2O3. The van der Waals surface area contributed by atoms with E-state index in [1.165, 1.54) is 12.1 Å². The van der Waals surface area contributed by atoms with E-state index in [1.54, 1.807) is 43.5 Å². The minimum absolute atomic E-state index is 0.265. The van der Waals surface area contributed by atoms with E-state index in [-0.39, 0.29) is 5.82 Å². The van der Waals surface area contributed by atoms with Crippen LogP contribution in [0.5, 0.6) is 17.4 Å². The molecule has 0 radical (unpaired) electrons. The molecule has 1 aromatic heterocycles. The predicted molar refractivity (Wildman–Crippen MR) is 114 cm³/mol. The second-order valence-electron chi connectivity index (χ2n) is 6.62. The fraction of sp³-hybridized carbons (Fsp3) is 0.174. The van der Waals surface area contributed by atoms with Gasteiger partial charge in [0.1, 0.15) is 30.5 Å². The smallest absolute Gasteiger partial charge is 0.241 e. The van der Waals surface area contributed by atoms with Gasteiger partial charge in [-0.25, -0.2) is 4.39 Å². The number of rotatable bonds is 8. The van der Waals surface area contributed by atoms with Gasteiger partial charge in [0, 0.05) is 5.02 Å². The summed E-state index contributed by atoms with van der Waals surface area (Å²) in [4.78, 5) is 0. The third-order valence-corrected chi connectivity index (χ3v) is 4.83. The summed E-state index contributed by atoms with van der Waals surface area (Å²) in [6, 6.07) is 19.2. The van der Waals surface area contributed by atoms with Gasteiger partial charge < -0.3 is 14.2 Å². The molecule has 5 nitrogen and oxygen atoms in total. The van der Waals surface area contributed by atoms with Crippen LogP contribution < -0.4 is 14.2 Å². The van der Waals surface area contributed by atoms with Crippen LogP contribution in [0.3, 0.4) is 0 Å². The summed E-state index contributed by atoms with van der Waals surface area (Å²) in [5, 5.41) is 6.10. The lowest BCUT2D eigenvalue weighted by Crippen LogP contribution is -2.10. The van der Waals surface area contributed by atoms with Crippen molar-refractivity contribution in [2.45, 2.75) is 6.54 Å². The van der Waals surface area contributed by atoms with Crippen LogP contribution in [-0.2, 0) is 6.54 Å². The largest absolute Gasteiger partial charge is 0.497 e. The highest BCUT2D eigenvalue weighted by Crippen LogP contribution is 2.29. The van der Waals surface area contributed by atoms with Gasteiger partial charge in [-0.1, -0.05) is 23.7 Å². The minimum Gasteiger partial charge on any atom is -0.497 e. The fourth-order valence-electron chi connectivity index (χ4n) is 3.07. The molecule has 3 aromatic carbocycles. The number of methoxy groups -OCH3 is 1. The Morgan fingerprint density at radius 3 is 2.33 bits per heavy atom. The molecule has 0 amide bonds. The van der Waals surface area contributed by atoms with Crippen LogP contribution in [0.15, 0.2) is 66.7 Å². The average molecular weight is 427 g/mol. The topological polar surface area (TPSA) is 45.5 Å². The molecule has 0 bridgehead atoms. The van der Waals surface area contributed by atoms with Gasteiger partial charge in [0.15, 0.2) is 0 Å². The van der Waals surface area contributed by atoms with Crippen molar-refractivity contribution in [3.8, 4) is 17.4 Å². The molecule has 0 aliphatic heterocycles. The second kappa shape index (κ2) is 9.05. The monoisotopic (exact) mass is 426 g/mol. The maximum atomic E-state index is 13.2. The first-order valence-corrected chi connectivity index (χ1v) is 9.80. The SMILES string of the molecule is COc1ccc2c(c1)c(OCCOc1ccc(Cl)cc1)nn2Cc1ccc(F)cc1. The van der Waals surface area contributed by atoms with E-state index in [0.717, 1.165) is 22.2 Å². The highest BCUT2D eigenvalue weighted by atomic mass is 35.5. The Bertz CT molecular complexity index is 1130. The number of fused-ring (bicyclic) bond motifs is 1. The second-order valence-corrected chi connectivity index (χ2v) is 7.06. The molecular weight excluding hydrogens is 407 g/mol. The first-order chi connectivity index (χ1) is 14.6. The van der Waals surface area contributed by atoms with Crippen molar-refractivity contribution >= 4 is 22.5 Å². The van der Waals surface area contributed by atoms with Crippen LogP contribution in [0.1, 0.15) is 5.56 Å². The zero-order chi connectivity index (χ0) is 20.9. The average Bonchev–Trinajstić information content (AvgIpc) is 3.10. The Hall–Kier alpha value is -3.25. The summed E-state index contributed by atoms with van der Waals surface area (Å²) >= 11 is 5.88. The molecule has 0 aliphatic carbocycles. The maximum absolute atomic E-state index is 13.2. The van der Waals surface area contributed by atoms with Crippen molar-refractivity contribution in [3.63, 3.8) is 0 Å². The van der Waals surface area contributed by atoms with Gasteiger partial charge in [-0.05, 0) is 60.2 Å². The number of aromatic nitrogens is 2. The molecule has 0 N–H and O–H groups in total. The van der Waals surface area contributed by atoms with Gasteiger partial charge in [0.05, 0.1) is 24.6 Å². The van der Waals surface area contributed by atoms with E-state index in [0.29, 0.717) is 36.4 Å². The Balaban J connectivity index is 1.50. The van der Waals surface area contributed by atoms with Crippen LogP contribution in [0.2, 0.25) is 5.02 Å². The number of benzene rings is 3. The zero-order valence-corrected chi connectivity index (χ0v) is 17.1. The molecule has 0 atom stereocenters. The molecule has 1 heterocycles. The molecule has 30 heavy (non-hydrogen) atoms. The van der Waals surface area contributed by atoms with E-state index in [4.69, 9.17) is 25.8 Å². The summed E-state index contributed by atoms with van der Waals surface area (Å²) < 4.78 is 32.0. The fourth-order valence-corrected chi connectivity index (χ4v) is 3.20. The van der Waals surface area contributed by atoms with Gasteiger partial charge in [0.25, 0.3) is 0 Å². The Morgan fingerprint density at radius 1 is 0.900 bits per heavy atom. The van der Waals surface area contributed by atoms with Crippen molar-refractivity contribution in [1.29, 1.82) is 0 Å². The van der Waals surface area contributed by atoms with E-state index < -0.39 is 0 Å². The summed E-state index contributed by atoms with van der Waals surface area (Å²) in [6.07, 6.45) is 0. The van der Waals surface area contributed by atoms with E-state index >= 15 is 0 Å². The number of hydrogen-bond acceptors (Lipinski definition) is 4. The van der Waals surface area contributed by atoms with E-state index in [2.05, 4.69) is 5.10 Å². The van der Waals surface area contributed by atoms with E-state index in [9.17, 15) is 4.39 Å². The minimum atomic E-state index is -0.265. The van der Waals surface area contributed by atoms with Gasteiger partial charge in [-0.15, -0.1) is 5.10 Å². The maximum Gasteiger partial charge on any atom is 0.241 e. The van der Waals surface area contributed by atoms with Crippen LogP contribution in [0.25, 0.3) is 10.9 Å². The van der Waals surface area contributed by atoms with Crippen molar-refractivity contribution in [1.82, 2.24) is 9.78 Å². The molecule has 0 unspecified atom stereocenters. The summed E-state index contributed by atoms with van der Waals surface area (Å²) in [5.74, 6) is 1.66. The lowest BCUT2D eigenvalue weighted by molar-refractivity contribution is 0.212. The lowest BCUT2D eigenvalue weighted by atomic mass is 10.2. The van der Waals surface area contributed by atoms with Crippen molar-refractivity contribution in [3.05, 3.63) is 83.1 Å². The number of nitrogens with zero attached hydrogens (tertiary/aromatic N) is 2. The summed E-state index contributed by atoms with van der Waals surface area (Å²) in [7, 11) is 1.62. The zero-order valence-electron chi connectivity index (χ0n) is 16.3. The van der Waals surface area contributed by atoms with Crippen LogP contribution in [0, 0.1) is 5.82 Å². The Kier molecular flexibility index (Phi) is 6.05. The Labute approximate surface area is 178 Å². The first-order valence-electron chi connectivity index (χ1n) is 9.42. The third-order valence-electron chi connectivity index (χ3n) is 4.57. The van der Waals surface area contributed by atoms with Gasteiger partial charge in [-0.3, -0.25) is 4.68 Å². The molecule has 7 heteroatoms. The van der Waals surface area contributed by atoms with Crippen molar-refractivity contribution in [2.75, 3.05) is 20.3 Å². The molecule has 0 fully saturated rings. The third kappa shape index (κ3) is 4.66. The van der Waals surface area contributed by atoms with Crippen LogP contribution in [-0.4, -0.2) is 30.1 Å². The quantitative estimate of drug-likeness (QED) is 0.356. The highest BCUT2D eigenvalue weighted by molar-refractivity contribution is 6.30. The molecule has 0 saturated carbocycles. The first kappa shape index (κ1) is 20.0. The molecule has 4 rings (SSSR count). The van der Waals surface area contributed by atoms with E-state index in [1.807, 2.05) is 22.9 Å². The molecule has 0 aliphatic rings. The van der Waals surface area contributed by atoms with Gasteiger partial charge in [0.2, 0.25) is 5.88 Å². The Morgan fingerprint density at radius 2 is 1.60 bits per heavy atom. The highest BCUT2D eigenvalue weighted by Gasteiger charge is 2.13. The predicted octanol–water partition coefficient (Wildman–Crippen LogP) is 5.34. The normalized spacial score (nSPS) is 10.9. The van der Waals surface area contributed by atoms with Crippen LogP contribution >= 0.6 is 11.6 Å². The summed E-state index contributed by atoms with van der Waals surface area (Å²) in [5.41, 5.74) is 1.84. The standard InChI is InChI=1S/C23H20ClFN2O3/c1-28-20-10-11-22-21(14-20)23(26-27(22)15-16-2-6-18(25)7-3-16)30-13-12-29-19-8-4-17(24)5-9-19/h2-11,14H,12-13,15H2,1H3. The molecule has 154 valence electrons. The van der Waals surface area contributed by atoms with Crippen LogP contribution in [0.4, 0.5) is 4.39 Å². The number of hydrogen-bond donors (Lipinski definition) is 0. The molecule has 0 saturated heterocycles. The van der Waals surface area contributed by atoms with Crippen molar-refractivity contribution < 1.29 is 18.6 Å². The van der Waals surface area contributed by atoms with Crippen molar-refractivity contribution in [2.24, 2.45) is 0 Å². The van der Waals surface area contributed by atoms with Gasteiger partial charge >= 0.3 is 0 Å². The lowest BCUT2D eigenvalue weighted by Gasteiger charge is -2.07.